The monoisotopic (exact) mass is 324 g/mol. The van der Waals surface area contributed by atoms with Gasteiger partial charge in [0.2, 0.25) is 5.95 Å². The number of nitrogens with zero attached hydrogens (tertiary/aromatic N) is 3. The highest BCUT2D eigenvalue weighted by molar-refractivity contribution is 6.06. The van der Waals surface area contributed by atoms with Crippen molar-refractivity contribution in [2.45, 2.75) is 33.1 Å². The number of hydrogen-bond donors (Lipinski definition) is 1. The molecule has 0 saturated heterocycles. The predicted octanol–water partition coefficient (Wildman–Crippen LogP) is 3.53. The Balaban J connectivity index is 1.70. The van der Waals surface area contributed by atoms with Crippen LogP contribution in [0.5, 0.6) is 0 Å². The molecular formula is C19H24N4O. The molecule has 5 heteroatoms. The maximum absolute atomic E-state index is 12.8. The third kappa shape index (κ3) is 3.72. The summed E-state index contributed by atoms with van der Waals surface area (Å²) < 4.78 is 0. The average Bonchev–Trinajstić information content (AvgIpc) is 2.61. The number of carbonyl (C=O) groups excluding carboxylic acids is 1. The fourth-order valence-electron chi connectivity index (χ4n) is 2.90. The SMILES string of the molecule is CC(C)CCNc1ncc(C(=O)N2CCCc3ccccc32)cn1. The predicted molar refractivity (Wildman–Crippen MR) is 96.4 cm³/mol. The number of anilines is 2. The fraction of sp³-hybridized carbons (Fsp3) is 0.421. The second kappa shape index (κ2) is 7.43. The molecule has 2 aromatic rings. The Kier molecular flexibility index (Phi) is 5.08. The molecule has 24 heavy (non-hydrogen) atoms. The van der Waals surface area contributed by atoms with Gasteiger partial charge in [0, 0.05) is 31.2 Å². The first kappa shape index (κ1) is 16.4. The summed E-state index contributed by atoms with van der Waals surface area (Å²) >= 11 is 0. The van der Waals surface area contributed by atoms with Crippen LogP contribution in [-0.4, -0.2) is 29.0 Å². The van der Waals surface area contributed by atoms with Gasteiger partial charge in [0.15, 0.2) is 0 Å². The molecule has 1 aromatic carbocycles. The van der Waals surface area contributed by atoms with Gasteiger partial charge in [0.05, 0.1) is 5.56 Å². The first-order valence-electron chi connectivity index (χ1n) is 8.61. The second-order valence-electron chi connectivity index (χ2n) is 6.59. The fourth-order valence-corrected chi connectivity index (χ4v) is 2.90. The number of rotatable bonds is 5. The smallest absolute Gasteiger partial charge is 0.261 e. The van der Waals surface area contributed by atoms with Gasteiger partial charge in [-0.3, -0.25) is 4.79 Å². The minimum Gasteiger partial charge on any atom is -0.354 e. The number of nitrogens with one attached hydrogen (secondary N) is 1. The Bertz CT molecular complexity index is 697. The summed E-state index contributed by atoms with van der Waals surface area (Å²) in [6, 6.07) is 8.10. The van der Waals surface area contributed by atoms with Crippen LogP contribution in [0.25, 0.3) is 0 Å². The number of fused-ring (bicyclic) bond motifs is 1. The van der Waals surface area contributed by atoms with Crippen LogP contribution in [0.4, 0.5) is 11.6 Å². The molecule has 1 aromatic heterocycles. The van der Waals surface area contributed by atoms with E-state index in [1.165, 1.54) is 5.56 Å². The standard InChI is InChI=1S/C19H24N4O/c1-14(2)9-10-20-19-21-12-16(13-22-19)18(24)23-11-5-7-15-6-3-4-8-17(15)23/h3-4,6,8,12-14H,5,7,9-11H2,1-2H3,(H,20,21,22). The molecule has 1 N–H and O–H groups in total. The first-order chi connectivity index (χ1) is 11.6. The molecule has 0 radical (unpaired) electrons. The van der Waals surface area contributed by atoms with Crippen LogP contribution in [-0.2, 0) is 6.42 Å². The van der Waals surface area contributed by atoms with Crippen molar-refractivity contribution in [1.29, 1.82) is 0 Å². The van der Waals surface area contributed by atoms with Crippen molar-refractivity contribution in [3.8, 4) is 0 Å². The van der Waals surface area contributed by atoms with Gasteiger partial charge in [-0.2, -0.15) is 0 Å². The van der Waals surface area contributed by atoms with Crippen molar-refractivity contribution in [2.24, 2.45) is 5.92 Å². The van der Waals surface area contributed by atoms with E-state index >= 15 is 0 Å². The maximum Gasteiger partial charge on any atom is 0.261 e. The quantitative estimate of drug-likeness (QED) is 0.914. The van der Waals surface area contributed by atoms with Crippen molar-refractivity contribution in [3.05, 3.63) is 47.8 Å². The summed E-state index contributed by atoms with van der Waals surface area (Å²) in [5.74, 6) is 1.18. The van der Waals surface area contributed by atoms with E-state index in [0.717, 1.165) is 38.0 Å². The van der Waals surface area contributed by atoms with E-state index < -0.39 is 0 Å². The van der Waals surface area contributed by atoms with Gasteiger partial charge in [-0.25, -0.2) is 9.97 Å². The summed E-state index contributed by atoms with van der Waals surface area (Å²) in [5, 5.41) is 3.19. The number of carbonyl (C=O) groups is 1. The molecule has 0 spiro atoms. The van der Waals surface area contributed by atoms with Crippen LogP contribution in [0.15, 0.2) is 36.7 Å². The number of aromatic nitrogens is 2. The summed E-state index contributed by atoms with van der Waals surface area (Å²) in [4.78, 5) is 23.2. The molecule has 1 amide bonds. The first-order valence-corrected chi connectivity index (χ1v) is 8.61. The van der Waals surface area contributed by atoms with Crippen molar-refractivity contribution in [2.75, 3.05) is 23.3 Å². The highest BCUT2D eigenvalue weighted by Crippen LogP contribution is 2.27. The molecule has 0 unspecified atom stereocenters. The molecule has 126 valence electrons. The lowest BCUT2D eigenvalue weighted by atomic mass is 10.0. The zero-order valence-electron chi connectivity index (χ0n) is 14.3. The van der Waals surface area contributed by atoms with Gasteiger partial charge in [0.25, 0.3) is 5.91 Å². The Morgan fingerprint density at radius 2 is 2.00 bits per heavy atom. The maximum atomic E-state index is 12.8. The zero-order chi connectivity index (χ0) is 16.9. The molecule has 0 aliphatic carbocycles. The Hall–Kier alpha value is -2.43. The lowest BCUT2D eigenvalue weighted by molar-refractivity contribution is 0.0984. The summed E-state index contributed by atoms with van der Waals surface area (Å²) in [6.07, 6.45) is 6.30. The molecule has 0 bridgehead atoms. The molecule has 1 aliphatic rings. The summed E-state index contributed by atoms with van der Waals surface area (Å²) in [6.45, 7) is 5.94. The molecular weight excluding hydrogens is 300 g/mol. The van der Waals surface area contributed by atoms with Crippen molar-refractivity contribution >= 4 is 17.5 Å². The van der Waals surface area contributed by atoms with Crippen LogP contribution in [0, 0.1) is 5.92 Å². The van der Waals surface area contributed by atoms with E-state index in [0.29, 0.717) is 17.4 Å². The molecule has 2 heterocycles. The van der Waals surface area contributed by atoms with Crippen molar-refractivity contribution in [1.82, 2.24) is 9.97 Å². The van der Waals surface area contributed by atoms with Crippen LogP contribution < -0.4 is 10.2 Å². The van der Waals surface area contributed by atoms with Crippen LogP contribution in [0.3, 0.4) is 0 Å². The van der Waals surface area contributed by atoms with E-state index in [9.17, 15) is 4.79 Å². The highest BCUT2D eigenvalue weighted by Gasteiger charge is 2.23. The number of aryl methyl sites for hydroxylation is 1. The lowest BCUT2D eigenvalue weighted by Crippen LogP contribution is -2.35. The van der Waals surface area contributed by atoms with Gasteiger partial charge in [-0.05, 0) is 36.8 Å². The van der Waals surface area contributed by atoms with Crippen molar-refractivity contribution in [3.63, 3.8) is 0 Å². The van der Waals surface area contributed by atoms with E-state index in [1.807, 2.05) is 23.1 Å². The van der Waals surface area contributed by atoms with E-state index in [4.69, 9.17) is 0 Å². The molecule has 0 atom stereocenters. The Labute approximate surface area is 143 Å². The minimum atomic E-state index is -0.0316. The molecule has 0 saturated carbocycles. The molecule has 5 nitrogen and oxygen atoms in total. The van der Waals surface area contributed by atoms with Gasteiger partial charge in [0.1, 0.15) is 0 Å². The number of para-hydroxylation sites is 1. The van der Waals surface area contributed by atoms with Crippen LogP contribution >= 0.6 is 0 Å². The van der Waals surface area contributed by atoms with E-state index in [1.54, 1.807) is 12.4 Å². The van der Waals surface area contributed by atoms with Crippen molar-refractivity contribution < 1.29 is 4.79 Å². The largest absolute Gasteiger partial charge is 0.354 e. The number of hydrogen-bond acceptors (Lipinski definition) is 4. The van der Waals surface area contributed by atoms with Gasteiger partial charge >= 0.3 is 0 Å². The summed E-state index contributed by atoms with van der Waals surface area (Å²) in [7, 11) is 0. The van der Waals surface area contributed by atoms with Crippen LogP contribution in [0.1, 0.15) is 42.6 Å². The van der Waals surface area contributed by atoms with Crippen LogP contribution in [0.2, 0.25) is 0 Å². The molecule has 0 fully saturated rings. The number of amides is 1. The minimum absolute atomic E-state index is 0.0316. The number of benzene rings is 1. The summed E-state index contributed by atoms with van der Waals surface area (Å²) in [5.41, 5.74) is 2.76. The second-order valence-corrected chi connectivity index (χ2v) is 6.59. The molecule has 3 rings (SSSR count). The third-order valence-electron chi connectivity index (χ3n) is 4.26. The van der Waals surface area contributed by atoms with E-state index in [2.05, 4.69) is 35.2 Å². The molecule has 1 aliphatic heterocycles. The van der Waals surface area contributed by atoms with Gasteiger partial charge < -0.3 is 10.2 Å². The Morgan fingerprint density at radius 1 is 1.25 bits per heavy atom. The van der Waals surface area contributed by atoms with E-state index in [-0.39, 0.29) is 5.91 Å². The zero-order valence-corrected chi connectivity index (χ0v) is 14.3. The van der Waals surface area contributed by atoms with Gasteiger partial charge in [-0.15, -0.1) is 0 Å². The average molecular weight is 324 g/mol. The lowest BCUT2D eigenvalue weighted by Gasteiger charge is -2.29. The van der Waals surface area contributed by atoms with Gasteiger partial charge in [-0.1, -0.05) is 32.0 Å². The highest BCUT2D eigenvalue weighted by atomic mass is 16.2. The Morgan fingerprint density at radius 3 is 2.75 bits per heavy atom. The third-order valence-corrected chi connectivity index (χ3v) is 4.26. The normalized spacial score (nSPS) is 13.7. The topological polar surface area (TPSA) is 58.1 Å².